The van der Waals surface area contributed by atoms with Crippen molar-refractivity contribution in [3.05, 3.63) is 53.6 Å². The molecule has 0 atom stereocenters. The lowest BCUT2D eigenvalue weighted by Gasteiger charge is -2.08. The van der Waals surface area contributed by atoms with Gasteiger partial charge in [0.15, 0.2) is 0 Å². The second-order valence-corrected chi connectivity index (χ2v) is 7.16. The Labute approximate surface area is 127 Å². The second kappa shape index (κ2) is 6.82. The van der Waals surface area contributed by atoms with Crippen LogP contribution in [0.2, 0.25) is 0 Å². The molecule has 0 nitrogen and oxygen atoms in total. The maximum atomic E-state index is 13.8. The molecule has 0 aliphatic heterocycles. The van der Waals surface area contributed by atoms with Crippen molar-refractivity contribution in [2.45, 2.75) is 19.8 Å². The van der Waals surface area contributed by atoms with Gasteiger partial charge in [0.1, 0.15) is 11.6 Å². The van der Waals surface area contributed by atoms with Gasteiger partial charge in [-0.15, -0.1) is 0 Å². The van der Waals surface area contributed by atoms with Crippen molar-refractivity contribution in [1.29, 1.82) is 0 Å². The summed E-state index contributed by atoms with van der Waals surface area (Å²) in [5.74, 6) is -0.896. The van der Waals surface area contributed by atoms with Crippen molar-refractivity contribution >= 4 is 34.8 Å². The first-order chi connectivity index (χ1) is 9.15. The molecule has 0 saturated heterocycles. The molecule has 0 fully saturated rings. The monoisotopic (exact) mass is 334 g/mol. The minimum Gasteiger partial charge on any atom is -0.296 e. The highest BCUT2D eigenvalue weighted by Crippen LogP contribution is 2.22. The van der Waals surface area contributed by atoms with E-state index in [1.54, 1.807) is 0 Å². The Hall–Kier alpha value is -0.454. The molecular formula is C15H13BrF2Mg. The molecule has 0 N–H and O–H groups in total. The molecular weight excluding hydrogens is 322 g/mol. The summed E-state index contributed by atoms with van der Waals surface area (Å²) in [6.45, 7) is 2.13. The molecule has 0 heterocycles. The van der Waals surface area contributed by atoms with Gasteiger partial charge in [0.25, 0.3) is 0 Å². The lowest BCUT2D eigenvalue weighted by atomic mass is 10.0. The van der Waals surface area contributed by atoms with Crippen LogP contribution in [0.4, 0.5) is 8.78 Å². The molecule has 96 valence electrons. The molecule has 4 heteroatoms. The Morgan fingerprint density at radius 3 is 2.05 bits per heavy atom. The Morgan fingerprint density at radius 2 is 1.58 bits per heavy atom. The largest absolute Gasteiger partial charge is 0.516 e. The van der Waals surface area contributed by atoms with E-state index in [-0.39, 0.29) is 3.69 Å². The fourth-order valence-corrected chi connectivity index (χ4v) is 4.12. The van der Waals surface area contributed by atoms with E-state index in [1.165, 1.54) is 17.7 Å². The van der Waals surface area contributed by atoms with Crippen molar-refractivity contribution in [1.82, 2.24) is 0 Å². The van der Waals surface area contributed by atoms with Gasteiger partial charge in [0.2, 0.25) is 0 Å². The lowest BCUT2D eigenvalue weighted by molar-refractivity contribution is 0.598. The van der Waals surface area contributed by atoms with Gasteiger partial charge in [-0.05, 0) is 35.2 Å². The molecule has 0 radical (unpaired) electrons. The summed E-state index contributed by atoms with van der Waals surface area (Å²) >= 11 is 2.21. The van der Waals surface area contributed by atoms with Crippen molar-refractivity contribution in [2.75, 3.05) is 0 Å². The first-order valence-electron chi connectivity index (χ1n) is 6.29. The molecule has 0 aliphatic rings. The molecule has 0 spiro atoms. The smallest absolute Gasteiger partial charge is 0.296 e. The van der Waals surface area contributed by atoms with E-state index >= 15 is 0 Å². The van der Waals surface area contributed by atoms with Gasteiger partial charge < -0.3 is 0 Å². The van der Waals surface area contributed by atoms with Gasteiger partial charge in [-0.1, -0.05) is 41.3 Å². The highest BCUT2D eigenvalue weighted by molar-refractivity contribution is 9.23. The minimum absolute atomic E-state index is 0.214. The van der Waals surface area contributed by atoms with Crippen LogP contribution in [-0.2, 0) is 6.42 Å². The van der Waals surface area contributed by atoms with Crippen molar-refractivity contribution in [3.63, 3.8) is 0 Å². The maximum Gasteiger partial charge on any atom is 0.516 e. The molecule has 0 bridgehead atoms. The van der Waals surface area contributed by atoms with Crippen LogP contribution in [0.5, 0.6) is 0 Å². The quantitative estimate of drug-likeness (QED) is 0.734. The van der Waals surface area contributed by atoms with Gasteiger partial charge in [-0.25, -0.2) is 8.78 Å². The third-order valence-corrected chi connectivity index (χ3v) is 5.73. The zero-order chi connectivity index (χ0) is 13.8. The predicted molar refractivity (Wildman–Crippen MR) is 80.1 cm³/mol. The fourth-order valence-electron chi connectivity index (χ4n) is 2.05. The van der Waals surface area contributed by atoms with Gasteiger partial charge in [0.05, 0.1) is 0 Å². The SMILES string of the molecule is CCCc1ccc(-c2cc(F)[c]([Mg][Br])c(F)c2)cc1. The molecule has 0 aromatic heterocycles. The second-order valence-electron chi connectivity index (χ2n) is 4.50. The summed E-state index contributed by atoms with van der Waals surface area (Å²) in [5, 5.41) is 0. The summed E-state index contributed by atoms with van der Waals surface area (Å²) in [6.07, 6.45) is 2.12. The van der Waals surface area contributed by atoms with Crippen LogP contribution in [0.3, 0.4) is 0 Å². The van der Waals surface area contributed by atoms with E-state index in [0.717, 1.165) is 18.4 Å². The van der Waals surface area contributed by atoms with Crippen LogP contribution in [-0.4, -0.2) is 18.2 Å². The van der Waals surface area contributed by atoms with Crippen LogP contribution < -0.4 is 3.69 Å². The Bertz CT molecular complexity index is 544. The number of hydrogen-bond donors (Lipinski definition) is 0. The van der Waals surface area contributed by atoms with Gasteiger partial charge in [0, 0.05) is 0 Å². The Morgan fingerprint density at radius 1 is 1.00 bits per heavy atom. The van der Waals surface area contributed by atoms with Crippen molar-refractivity contribution < 1.29 is 8.78 Å². The molecule has 0 saturated carbocycles. The number of benzene rings is 2. The topological polar surface area (TPSA) is 0 Å². The first kappa shape index (κ1) is 14.9. The molecule has 2 rings (SSSR count). The summed E-state index contributed by atoms with van der Waals surface area (Å²) in [5.41, 5.74) is 2.69. The molecule has 19 heavy (non-hydrogen) atoms. The number of halogens is 3. The normalized spacial score (nSPS) is 10.3. The molecule has 0 amide bonds. The highest BCUT2D eigenvalue weighted by atomic mass is 79.9. The minimum atomic E-state index is -1.01. The van der Waals surface area contributed by atoms with Crippen molar-refractivity contribution in [2.24, 2.45) is 0 Å². The maximum absolute atomic E-state index is 13.8. The van der Waals surface area contributed by atoms with E-state index in [1.807, 2.05) is 24.3 Å². The van der Waals surface area contributed by atoms with Gasteiger partial charge in [-0.2, -0.15) is 0 Å². The highest BCUT2D eigenvalue weighted by Gasteiger charge is 2.12. The van der Waals surface area contributed by atoms with E-state index < -0.39 is 29.8 Å². The van der Waals surface area contributed by atoms with E-state index in [9.17, 15) is 8.78 Å². The Balaban J connectivity index is 2.36. The zero-order valence-corrected chi connectivity index (χ0v) is 13.7. The van der Waals surface area contributed by atoms with Crippen LogP contribution in [0.15, 0.2) is 36.4 Å². The summed E-state index contributed by atoms with van der Waals surface area (Å²) in [7, 11) is 0. The average molecular weight is 335 g/mol. The van der Waals surface area contributed by atoms with Crippen LogP contribution in [0, 0.1) is 11.6 Å². The number of hydrogen-bond acceptors (Lipinski definition) is 0. The number of rotatable bonds is 4. The summed E-state index contributed by atoms with van der Waals surface area (Å²) in [6, 6.07) is 10.7. The molecule has 0 aliphatic carbocycles. The van der Waals surface area contributed by atoms with Crippen LogP contribution in [0.25, 0.3) is 11.1 Å². The summed E-state index contributed by atoms with van der Waals surface area (Å²) in [4.78, 5) is 0. The standard InChI is InChI=1S/C15H13F2.BrH.Mg/c1-2-3-11-4-6-12(7-5-11)13-8-14(16)10-15(17)9-13;;/h4-9H,2-3H2,1H3;1H;/q;;+1/p-1. The van der Waals surface area contributed by atoms with E-state index in [0.29, 0.717) is 5.56 Å². The first-order valence-corrected chi connectivity index (χ1v) is 10.9. The predicted octanol–water partition coefficient (Wildman–Crippen LogP) is 4.22. The van der Waals surface area contributed by atoms with Crippen molar-refractivity contribution in [3.8, 4) is 11.1 Å². The van der Waals surface area contributed by atoms with Crippen LogP contribution >= 0.6 is 12.9 Å². The molecule has 0 unspecified atom stereocenters. The van der Waals surface area contributed by atoms with Gasteiger partial charge in [-0.3, -0.25) is 12.9 Å². The van der Waals surface area contributed by atoms with E-state index in [2.05, 4.69) is 19.8 Å². The Kier molecular flexibility index (Phi) is 5.36. The van der Waals surface area contributed by atoms with E-state index in [4.69, 9.17) is 0 Å². The van der Waals surface area contributed by atoms with Gasteiger partial charge >= 0.3 is 18.2 Å². The zero-order valence-electron chi connectivity index (χ0n) is 10.7. The fraction of sp³-hybridized carbons (Fsp3) is 0.200. The molecule has 2 aromatic rings. The lowest BCUT2D eigenvalue weighted by Crippen LogP contribution is -2.18. The summed E-state index contributed by atoms with van der Waals surface area (Å²) < 4.78 is 27.7. The number of aryl methyl sites for hydroxylation is 1. The van der Waals surface area contributed by atoms with Crippen LogP contribution in [0.1, 0.15) is 18.9 Å². The third-order valence-electron chi connectivity index (χ3n) is 3.10. The average Bonchev–Trinajstić information content (AvgIpc) is 2.39. The molecule has 2 aromatic carbocycles. The third kappa shape index (κ3) is 3.55.